The minimum atomic E-state index is -0.303. The quantitative estimate of drug-likeness (QED) is 0.735. The van der Waals surface area contributed by atoms with Gasteiger partial charge in [-0.3, -0.25) is 4.79 Å². The van der Waals surface area contributed by atoms with Crippen LogP contribution in [0.5, 0.6) is 0 Å². The Morgan fingerprint density at radius 3 is 2.33 bits per heavy atom. The standard InChI is InChI=1S/C11H18ClN5O/c1-4-13-9-7(12)8(10(18)14-5-2)16-11(17-9)15-6-3/h4-6H2,1-3H3,(H,14,18)(H2,13,15,16,17). The fourth-order valence-electron chi connectivity index (χ4n) is 1.36. The molecule has 0 aliphatic heterocycles. The van der Waals surface area contributed by atoms with E-state index in [4.69, 9.17) is 11.6 Å². The molecule has 0 saturated carbocycles. The second kappa shape index (κ2) is 7.00. The Hall–Kier alpha value is -1.56. The Morgan fingerprint density at radius 2 is 1.78 bits per heavy atom. The van der Waals surface area contributed by atoms with Crippen molar-refractivity contribution >= 4 is 29.3 Å². The smallest absolute Gasteiger partial charge is 0.271 e. The van der Waals surface area contributed by atoms with E-state index in [1.807, 2.05) is 20.8 Å². The number of hydrogen-bond acceptors (Lipinski definition) is 5. The van der Waals surface area contributed by atoms with Crippen molar-refractivity contribution in [3.63, 3.8) is 0 Å². The third-order valence-electron chi connectivity index (χ3n) is 2.08. The molecule has 100 valence electrons. The van der Waals surface area contributed by atoms with Gasteiger partial charge in [0, 0.05) is 19.6 Å². The summed E-state index contributed by atoms with van der Waals surface area (Å²) in [5.74, 6) is 0.550. The summed E-state index contributed by atoms with van der Waals surface area (Å²) in [7, 11) is 0. The first kappa shape index (κ1) is 14.5. The topological polar surface area (TPSA) is 78.9 Å². The van der Waals surface area contributed by atoms with E-state index in [1.165, 1.54) is 0 Å². The van der Waals surface area contributed by atoms with Crippen molar-refractivity contribution < 1.29 is 4.79 Å². The van der Waals surface area contributed by atoms with Crippen molar-refractivity contribution in [2.45, 2.75) is 20.8 Å². The second-order valence-corrected chi connectivity index (χ2v) is 3.86. The number of carbonyl (C=O) groups excluding carboxylic acids is 1. The van der Waals surface area contributed by atoms with E-state index in [-0.39, 0.29) is 16.6 Å². The van der Waals surface area contributed by atoms with Gasteiger partial charge in [-0.15, -0.1) is 0 Å². The molecule has 0 aromatic carbocycles. The number of nitrogens with zero attached hydrogens (tertiary/aromatic N) is 2. The van der Waals surface area contributed by atoms with E-state index < -0.39 is 0 Å². The van der Waals surface area contributed by atoms with Crippen LogP contribution in [0.4, 0.5) is 11.8 Å². The molecule has 0 radical (unpaired) electrons. The molecule has 0 aliphatic carbocycles. The number of anilines is 2. The van der Waals surface area contributed by atoms with Crippen LogP contribution in [-0.4, -0.2) is 35.5 Å². The van der Waals surface area contributed by atoms with Crippen molar-refractivity contribution in [1.29, 1.82) is 0 Å². The van der Waals surface area contributed by atoms with Crippen LogP contribution in [0.3, 0.4) is 0 Å². The molecule has 0 aliphatic rings. The first-order valence-electron chi connectivity index (χ1n) is 5.97. The number of carbonyl (C=O) groups is 1. The summed E-state index contributed by atoms with van der Waals surface area (Å²) < 4.78 is 0. The Morgan fingerprint density at radius 1 is 1.11 bits per heavy atom. The third-order valence-corrected chi connectivity index (χ3v) is 2.44. The van der Waals surface area contributed by atoms with Crippen molar-refractivity contribution in [2.75, 3.05) is 30.3 Å². The molecule has 1 heterocycles. The molecule has 0 unspecified atom stereocenters. The van der Waals surface area contributed by atoms with Gasteiger partial charge in [0.25, 0.3) is 5.91 Å². The summed E-state index contributed by atoms with van der Waals surface area (Å²) in [5.41, 5.74) is 0.181. The zero-order valence-corrected chi connectivity index (χ0v) is 11.6. The monoisotopic (exact) mass is 271 g/mol. The number of amides is 1. The Bertz CT molecular complexity index is 424. The van der Waals surface area contributed by atoms with Gasteiger partial charge in [0.2, 0.25) is 5.95 Å². The summed E-state index contributed by atoms with van der Waals surface area (Å²) in [5, 5.41) is 8.89. The number of halogens is 1. The second-order valence-electron chi connectivity index (χ2n) is 3.48. The SMILES string of the molecule is CCNC(=O)c1nc(NCC)nc(NCC)c1Cl. The first-order valence-corrected chi connectivity index (χ1v) is 6.35. The Kier molecular flexibility index (Phi) is 5.64. The highest BCUT2D eigenvalue weighted by Crippen LogP contribution is 2.24. The van der Waals surface area contributed by atoms with Gasteiger partial charge in [0.05, 0.1) is 0 Å². The van der Waals surface area contributed by atoms with E-state index in [9.17, 15) is 4.79 Å². The zero-order valence-electron chi connectivity index (χ0n) is 10.8. The van der Waals surface area contributed by atoms with Crippen molar-refractivity contribution in [1.82, 2.24) is 15.3 Å². The van der Waals surface area contributed by atoms with Crippen molar-refractivity contribution in [2.24, 2.45) is 0 Å². The van der Waals surface area contributed by atoms with Gasteiger partial charge in [-0.05, 0) is 20.8 Å². The van der Waals surface area contributed by atoms with E-state index in [0.29, 0.717) is 31.4 Å². The van der Waals surface area contributed by atoms with E-state index in [0.717, 1.165) is 0 Å². The fraction of sp³-hybridized carbons (Fsp3) is 0.545. The van der Waals surface area contributed by atoms with Gasteiger partial charge >= 0.3 is 0 Å². The summed E-state index contributed by atoms with van der Waals surface area (Å²) >= 11 is 6.11. The van der Waals surface area contributed by atoms with Crippen LogP contribution in [0.1, 0.15) is 31.3 Å². The van der Waals surface area contributed by atoms with Gasteiger partial charge in [-0.2, -0.15) is 4.98 Å². The van der Waals surface area contributed by atoms with Crippen LogP contribution in [-0.2, 0) is 0 Å². The van der Waals surface area contributed by atoms with Gasteiger partial charge < -0.3 is 16.0 Å². The molecule has 0 fully saturated rings. The van der Waals surface area contributed by atoms with Crippen LogP contribution >= 0.6 is 11.6 Å². The molecule has 18 heavy (non-hydrogen) atoms. The van der Waals surface area contributed by atoms with Gasteiger partial charge in [-0.25, -0.2) is 4.98 Å². The fourth-order valence-corrected chi connectivity index (χ4v) is 1.60. The van der Waals surface area contributed by atoms with Gasteiger partial charge in [0.1, 0.15) is 5.02 Å². The molecule has 1 aromatic rings. The van der Waals surface area contributed by atoms with Crippen LogP contribution in [0.15, 0.2) is 0 Å². The maximum Gasteiger partial charge on any atom is 0.271 e. The van der Waals surface area contributed by atoms with Gasteiger partial charge in [-0.1, -0.05) is 11.6 Å². The molecule has 0 spiro atoms. The van der Waals surface area contributed by atoms with Crippen molar-refractivity contribution in [3.05, 3.63) is 10.7 Å². The highest BCUT2D eigenvalue weighted by Gasteiger charge is 2.17. The van der Waals surface area contributed by atoms with Crippen LogP contribution in [0.25, 0.3) is 0 Å². The van der Waals surface area contributed by atoms with Crippen LogP contribution in [0.2, 0.25) is 5.02 Å². The number of aromatic nitrogens is 2. The maximum absolute atomic E-state index is 11.8. The summed E-state index contributed by atoms with van der Waals surface area (Å²) in [6, 6.07) is 0. The largest absolute Gasteiger partial charge is 0.369 e. The van der Waals surface area contributed by atoms with Crippen LogP contribution < -0.4 is 16.0 Å². The zero-order chi connectivity index (χ0) is 13.5. The van der Waals surface area contributed by atoms with E-state index >= 15 is 0 Å². The Balaban J connectivity index is 3.17. The molecule has 1 amide bonds. The normalized spacial score (nSPS) is 10.0. The predicted molar refractivity (Wildman–Crippen MR) is 73.4 cm³/mol. The molecule has 0 bridgehead atoms. The first-order chi connectivity index (χ1) is 8.63. The van der Waals surface area contributed by atoms with Crippen LogP contribution in [0, 0.1) is 0 Å². The number of rotatable bonds is 6. The number of hydrogen-bond donors (Lipinski definition) is 3. The lowest BCUT2D eigenvalue weighted by Gasteiger charge is -2.11. The average Bonchev–Trinajstić information content (AvgIpc) is 2.34. The lowest BCUT2D eigenvalue weighted by Crippen LogP contribution is -2.25. The molecular weight excluding hydrogens is 254 g/mol. The third kappa shape index (κ3) is 3.46. The molecule has 1 aromatic heterocycles. The highest BCUT2D eigenvalue weighted by atomic mass is 35.5. The molecule has 7 heteroatoms. The minimum absolute atomic E-state index is 0.181. The highest BCUT2D eigenvalue weighted by molar-refractivity contribution is 6.35. The summed E-state index contributed by atoms with van der Waals surface area (Å²) in [6.07, 6.45) is 0. The Labute approximate surface area is 112 Å². The number of nitrogens with one attached hydrogen (secondary N) is 3. The average molecular weight is 272 g/mol. The lowest BCUT2D eigenvalue weighted by molar-refractivity contribution is 0.0951. The predicted octanol–water partition coefficient (Wildman–Crippen LogP) is 1.74. The van der Waals surface area contributed by atoms with E-state index in [2.05, 4.69) is 25.9 Å². The maximum atomic E-state index is 11.8. The van der Waals surface area contributed by atoms with E-state index in [1.54, 1.807) is 0 Å². The molecule has 1 rings (SSSR count). The molecule has 0 saturated heterocycles. The molecular formula is C11H18ClN5O. The van der Waals surface area contributed by atoms with Gasteiger partial charge in [0.15, 0.2) is 11.5 Å². The molecule has 3 N–H and O–H groups in total. The lowest BCUT2D eigenvalue weighted by atomic mass is 10.3. The minimum Gasteiger partial charge on any atom is -0.369 e. The van der Waals surface area contributed by atoms with Crippen molar-refractivity contribution in [3.8, 4) is 0 Å². The summed E-state index contributed by atoms with van der Waals surface area (Å²) in [4.78, 5) is 20.2. The molecule has 0 atom stereocenters. The molecule has 6 nitrogen and oxygen atoms in total. The summed E-state index contributed by atoms with van der Waals surface area (Å²) in [6.45, 7) is 7.54.